The molecule has 19 heavy (non-hydrogen) atoms. The van der Waals surface area contributed by atoms with E-state index in [1.807, 2.05) is 33.8 Å². The molecule has 0 saturated carbocycles. The summed E-state index contributed by atoms with van der Waals surface area (Å²) in [6.45, 7) is 8.00. The van der Waals surface area contributed by atoms with Gasteiger partial charge in [-0.05, 0) is 30.4 Å². The normalized spacial score (nSPS) is 13.1. The number of benzene rings is 1. The maximum Gasteiger partial charge on any atom is 0.292 e. The van der Waals surface area contributed by atoms with E-state index in [1.165, 1.54) is 0 Å². The van der Waals surface area contributed by atoms with Crippen LogP contribution in [0.2, 0.25) is 0 Å². The lowest BCUT2D eigenvalue weighted by molar-refractivity contribution is -0.384. The topological polar surface area (TPSA) is 75.4 Å². The van der Waals surface area contributed by atoms with Gasteiger partial charge >= 0.3 is 0 Å². The van der Waals surface area contributed by atoms with Crippen LogP contribution in [0, 0.1) is 22.5 Å². The molecular weight excluding hydrogens is 244 g/mol. The first kappa shape index (κ1) is 15.4. The Morgan fingerprint density at radius 3 is 2.53 bits per heavy atom. The van der Waals surface area contributed by atoms with Gasteiger partial charge in [0.2, 0.25) is 0 Å². The Kier molecular flexibility index (Phi) is 4.89. The Morgan fingerprint density at radius 1 is 1.42 bits per heavy atom. The molecule has 0 radical (unpaired) electrons. The van der Waals surface area contributed by atoms with Crippen molar-refractivity contribution in [3.63, 3.8) is 0 Å². The molecule has 0 fully saturated rings. The quantitative estimate of drug-likeness (QED) is 0.634. The number of aryl methyl sites for hydroxylation is 1. The van der Waals surface area contributed by atoms with Crippen molar-refractivity contribution < 1.29 is 10.0 Å². The van der Waals surface area contributed by atoms with Crippen molar-refractivity contribution in [1.29, 1.82) is 0 Å². The molecule has 0 aliphatic rings. The molecule has 0 aromatic heterocycles. The fraction of sp³-hybridized carbons (Fsp3) is 0.571. The summed E-state index contributed by atoms with van der Waals surface area (Å²) in [6.07, 6.45) is 0.550. The number of aliphatic hydroxyl groups is 1. The maximum absolute atomic E-state index is 11.1. The molecule has 0 bridgehead atoms. The van der Waals surface area contributed by atoms with Crippen LogP contribution in [-0.2, 0) is 0 Å². The molecule has 2 N–H and O–H groups in total. The van der Waals surface area contributed by atoms with Gasteiger partial charge in [0.25, 0.3) is 5.69 Å². The lowest BCUT2D eigenvalue weighted by atomic mass is 9.84. The molecule has 0 aliphatic carbocycles. The number of nitrogens with one attached hydrogen (secondary N) is 1. The number of rotatable bonds is 5. The smallest absolute Gasteiger partial charge is 0.292 e. The van der Waals surface area contributed by atoms with Crippen molar-refractivity contribution >= 4 is 11.4 Å². The Hall–Kier alpha value is -1.62. The predicted molar refractivity (Wildman–Crippen MR) is 76.4 cm³/mol. The molecule has 1 aromatic rings. The predicted octanol–water partition coefficient (Wildman–Crippen LogP) is 3.11. The van der Waals surface area contributed by atoms with Crippen LogP contribution >= 0.6 is 0 Å². The number of anilines is 1. The number of hydrogen-bond acceptors (Lipinski definition) is 4. The molecule has 0 heterocycles. The van der Waals surface area contributed by atoms with E-state index >= 15 is 0 Å². The summed E-state index contributed by atoms with van der Waals surface area (Å²) >= 11 is 0. The zero-order valence-electron chi connectivity index (χ0n) is 11.9. The van der Waals surface area contributed by atoms with E-state index in [0.717, 1.165) is 5.56 Å². The van der Waals surface area contributed by atoms with Gasteiger partial charge in [-0.1, -0.05) is 26.8 Å². The maximum atomic E-state index is 11.1. The van der Waals surface area contributed by atoms with Crippen LogP contribution in [0.15, 0.2) is 18.2 Å². The fourth-order valence-corrected chi connectivity index (χ4v) is 1.95. The number of nitro groups is 1. The third kappa shape index (κ3) is 4.21. The highest BCUT2D eigenvalue weighted by Gasteiger charge is 2.26. The lowest BCUT2D eigenvalue weighted by Crippen LogP contribution is -2.35. The zero-order valence-corrected chi connectivity index (χ0v) is 11.9. The molecule has 1 rings (SSSR count). The number of aliphatic hydroxyl groups excluding tert-OH is 1. The van der Waals surface area contributed by atoms with Crippen molar-refractivity contribution in [3.05, 3.63) is 33.9 Å². The Bertz CT molecular complexity index is 452. The number of nitro benzene ring substituents is 1. The first-order chi connectivity index (χ1) is 8.75. The minimum absolute atomic E-state index is 0.0288. The Labute approximate surface area is 113 Å². The summed E-state index contributed by atoms with van der Waals surface area (Å²) in [7, 11) is 0. The minimum Gasteiger partial charge on any atom is -0.396 e. The molecule has 106 valence electrons. The lowest BCUT2D eigenvalue weighted by Gasteiger charge is -2.31. The summed E-state index contributed by atoms with van der Waals surface area (Å²) in [4.78, 5) is 10.7. The van der Waals surface area contributed by atoms with Crippen LogP contribution < -0.4 is 5.32 Å². The summed E-state index contributed by atoms with van der Waals surface area (Å²) in [6, 6.07) is 5.09. The summed E-state index contributed by atoms with van der Waals surface area (Å²) in [5.41, 5.74) is 1.34. The van der Waals surface area contributed by atoms with Gasteiger partial charge in [-0.2, -0.15) is 0 Å². The molecule has 0 saturated heterocycles. The van der Waals surface area contributed by atoms with Gasteiger partial charge in [-0.15, -0.1) is 0 Å². The van der Waals surface area contributed by atoms with Crippen molar-refractivity contribution in [1.82, 2.24) is 0 Å². The van der Waals surface area contributed by atoms with Gasteiger partial charge in [0.05, 0.1) is 4.92 Å². The van der Waals surface area contributed by atoms with Crippen LogP contribution in [0.1, 0.15) is 32.8 Å². The average molecular weight is 266 g/mol. The third-order valence-corrected chi connectivity index (χ3v) is 3.14. The highest BCUT2D eigenvalue weighted by atomic mass is 16.6. The standard InChI is InChI=1S/C14H22N2O3/c1-10-5-6-11(12(9-10)16(18)19)15-13(7-8-17)14(2,3)4/h5-6,9,13,15,17H,7-8H2,1-4H3. The van der Waals surface area contributed by atoms with Crippen LogP contribution in [0.3, 0.4) is 0 Å². The molecule has 1 aromatic carbocycles. The van der Waals surface area contributed by atoms with Crippen molar-refractivity contribution in [3.8, 4) is 0 Å². The highest BCUT2D eigenvalue weighted by Crippen LogP contribution is 2.31. The molecule has 0 amide bonds. The SMILES string of the molecule is Cc1ccc(NC(CCO)C(C)(C)C)c([N+](=O)[O-])c1. The summed E-state index contributed by atoms with van der Waals surface area (Å²) in [5, 5.41) is 23.4. The average Bonchev–Trinajstić information content (AvgIpc) is 2.29. The molecule has 1 atom stereocenters. The van der Waals surface area contributed by atoms with Crippen LogP contribution in [0.4, 0.5) is 11.4 Å². The summed E-state index contributed by atoms with van der Waals surface area (Å²) in [5.74, 6) is 0. The minimum atomic E-state index is -0.381. The van der Waals surface area contributed by atoms with Gasteiger partial charge in [0.15, 0.2) is 0 Å². The number of nitrogens with zero attached hydrogens (tertiary/aromatic N) is 1. The molecule has 1 unspecified atom stereocenters. The first-order valence-electron chi connectivity index (χ1n) is 6.38. The van der Waals surface area contributed by atoms with Crippen LogP contribution in [-0.4, -0.2) is 22.7 Å². The first-order valence-corrected chi connectivity index (χ1v) is 6.38. The van der Waals surface area contributed by atoms with E-state index in [1.54, 1.807) is 12.1 Å². The second-order valence-electron chi connectivity index (χ2n) is 5.85. The van der Waals surface area contributed by atoms with Crippen molar-refractivity contribution in [2.24, 2.45) is 5.41 Å². The Morgan fingerprint density at radius 2 is 2.05 bits per heavy atom. The Balaban J connectivity index is 3.06. The monoisotopic (exact) mass is 266 g/mol. The summed E-state index contributed by atoms with van der Waals surface area (Å²) < 4.78 is 0. The van der Waals surface area contributed by atoms with E-state index in [0.29, 0.717) is 12.1 Å². The third-order valence-electron chi connectivity index (χ3n) is 3.14. The van der Waals surface area contributed by atoms with Gasteiger partial charge in [0.1, 0.15) is 5.69 Å². The second kappa shape index (κ2) is 6.02. The zero-order chi connectivity index (χ0) is 14.6. The second-order valence-corrected chi connectivity index (χ2v) is 5.85. The molecule has 5 nitrogen and oxygen atoms in total. The molecular formula is C14H22N2O3. The van der Waals surface area contributed by atoms with E-state index in [4.69, 9.17) is 5.11 Å². The van der Waals surface area contributed by atoms with Gasteiger partial charge < -0.3 is 10.4 Å². The van der Waals surface area contributed by atoms with Crippen LogP contribution in [0.5, 0.6) is 0 Å². The molecule has 0 spiro atoms. The van der Waals surface area contributed by atoms with E-state index < -0.39 is 0 Å². The van der Waals surface area contributed by atoms with E-state index in [9.17, 15) is 10.1 Å². The highest BCUT2D eigenvalue weighted by molar-refractivity contribution is 5.63. The van der Waals surface area contributed by atoms with Crippen molar-refractivity contribution in [2.75, 3.05) is 11.9 Å². The fourth-order valence-electron chi connectivity index (χ4n) is 1.95. The largest absolute Gasteiger partial charge is 0.396 e. The van der Waals surface area contributed by atoms with Gasteiger partial charge in [-0.25, -0.2) is 0 Å². The molecule has 0 aliphatic heterocycles. The van der Waals surface area contributed by atoms with Gasteiger partial charge in [-0.3, -0.25) is 10.1 Å². The molecule has 5 heteroatoms. The van der Waals surface area contributed by atoms with Gasteiger partial charge in [0, 0.05) is 18.7 Å². The van der Waals surface area contributed by atoms with E-state index in [2.05, 4.69) is 5.32 Å². The van der Waals surface area contributed by atoms with E-state index in [-0.39, 0.29) is 28.7 Å². The number of hydrogen-bond donors (Lipinski definition) is 2. The van der Waals surface area contributed by atoms with Crippen molar-refractivity contribution in [2.45, 2.75) is 40.2 Å². The van der Waals surface area contributed by atoms with Crippen LogP contribution in [0.25, 0.3) is 0 Å².